The molecule has 0 unspecified atom stereocenters. The summed E-state index contributed by atoms with van der Waals surface area (Å²) in [6.07, 6.45) is 1.08. The predicted octanol–water partition coefficient (Wildman–Crippen LogP) is 2.06. The van der Waals surface area contributed by atoms with Crippen molar-refractivity contribution in [1.29, 1.82) is 0 Å². The number of benzene rings is 1. The molecule has 0 aliphatic carbocycles. The molecule has 0 aliphatic rings. The van der Waals surface area contributed by atoms with E-state index in [2.05, 4.69) is 57.1 Å². The van der Waals surface area contributed by atoms with E-state index >= 15 is 0 Å². The van der Waals surface area contributed by atoms with Gasteiger partial charge in [0.2, 0.25) is 0 Å². The highest BCUT2D eigenvalue weighted by molar-refractivity contribution is 5.28. The van der Waals surface area contributed by atoms with E-state index in [-0.39, 0.29) is 12.0 Å². The van der Waals surface area contributed by atoms with Gasteiger partial charge in [0, 0.05) is 12.0 Å². The van der Waals surface area contributed by atoms with Crippen LogP contribution in [-0.2, 0) is 11.8 Å². The first kappa shape index (κ1) is 13.2. The van der Waals surface area contributed by atoms with Gasteiger partial charge in [-0.05, 0) is 31.6 Å². The largest absolute Gasteiger partial charge is 0.395 e. The van der Waals surface area contributed by atoms with Crippen LogP contribution in [0.15, 0.2) is 24.3 Å². The molecule has 0 aromatic heterocycles. The normalized spacial score (nSPS) is 12.1. The minimum atomic E-state index is -0.139. The summed E-state index contributed by atoms with van der Waals surface area (Å²) in [5.41, 5.74) is 2.41. The molecule has 90 valence electrons. The molecule has 2 heteroatoms. The van der Waals surface area contributed by atoms with Crippen molar-refractivity contribution in [2.75, 3.05) is 27.2 Å². The van der Waals surface area contributed by atoms with Gasteiger partial charge in [0.15, 0.2) is 0 Å². The van der Waals surface area contributed by atoms with Gasteiger partial charge in [-0.15, -0.1) is 0 Å². The number of nitrogens with zero attached hydrogens (tertiary/aromatic N) is 1. The van der Waals surface area contributed by atoms with E-state index < -0.39 is 0 Å². The molecule has 1 rings (SSSR count). The van der Waals surface area contributed by atoms with Gasteiger partial charge in [-0.3, -0.25) is 0 Å². The fourth-order valence-electron chi connectivity index (χ4n) is 1.57. The molecule has 0 saturated heterocycles. The summed E-state index contributed by atoms with van der Waals surface area (Å²) < 4.78 is 0. The third-order valence-corrected chi connectivity index (χ3v) is 2.98. The van der Waals surface area contributed by atoms with Gasteiger partial charge < -0.3 is 10.0 Å². The maximum atomic E-state index is 9.29. The molecule has 0 spiro atoms. The molecular weight excluding hydrogens is 198 g/mol. The van der Waals surface area contributed by atoms with Gasteiger partial charge in [-0.2, -0.15) is 0 Å². The van der Waals surface area contributed by atoms with Crippen molar-refractivity contribution in [2.45, 2.75) is 25.7 Å². The highest BCUT2D eigenvalue weighted by atomic mass is 16.3. The standard InChI is InChI=1S/C14H23NO/c1-14(2,11-16)13-7-5-12(6-8-13)9-10-15(3)4/h5-8,16H,9-11H2,1-4H3. The molecule has 1 N–H and O–H groups in total. The molecule has 0 heterocycles. The summed E-state index contributed by atoms with van der Waals surface area (Å²) in [5.74, 6) is 0. The van der Waals surface area contributed by atoms with Crippen LogP contribution in [0.1, 0.15) is 25.0 Å². The molecule has 1 aromatic rings. The van der Waals surface area contributed by atoms with Crippen LogP contribution in [0, 0.1) is 0 Å². The summed E-state index contributed by atoms with van der Waals surface area (Å²) in [6.45, 7) is 5.37. The topological polar surface area (TPSA) is 23.5 Å². The van der Waals surface area contributed by atoms with E-state index in [1.165, 1.54) is 11.1 Å². The first-order valence-electron chi connectivity index (χ1n) is 5.81. The Morgan fingerprint density at radius 3 is 2.12 bits per heavy atom. The van der Waals surface area contributed by atoms with Gasteiger partial charge in [0.25, 0.3) is 0 Å². The molecule has 0 fully saturated rings. The van der Waals surface area contributed by atoms with E-state index in [4.69, 9.17) is 0 Å². The Morgan fingerprint density at radius 1 is 1.12 bits per heavy atom. The van der Waals surface area contributed by atoms with Crippen molar-refractivity contribution in [3.63, 3.8) is 0 Å². The lowest BCUT2D eigenvalue weighted by atomic mass is 9.85. The Kier molecular flexibility index (Phi) is 4.51. The number of rotatable bonds is 5. The lowest BCUT2D eigenvalue weighted by molar-refractivity contribution is 0.218. The number of likely N-dealkylation sites (N-methyl/N-ethyl adjacent to an activating group) is 1. The second-order valence-corrected chi connectivity index (χ2v) is 5.29. The second-order valence-electron chi connectivity index (χ2n) is 5.29. The maximum Gasteiger partial charge on any atom is 0.0522 e. The molecule has 1 aromatic carbocycles. The molecule has 0 atom stereocenters. The minimum Gasteiger partial charge on any atom is -0.395 e. The molecular formula is C14H23NO. The Morgan fingerprint density at radius 2 is 1.69 bits per heavy atom. The second kappa shape index (κ2) is 5.46. The average molecular weight is 221 g/mol. The summed E-state index contributed by atoms with van der Waals surface area (Å²) in [4.78, 5) is 2.19. The van der Waals surface area contributed by atoms with Crippen LogP contribution in [0.2, 0.25) is 0 Å². The monoisotopic (exact) mass is 221 g/mol. The summed E-state index contributed by atoms with van der Waals surface area (Å²) in [7, 11) is 4.17. The van der Waals surface area contributed by atoms with Crippen LogP contribution in [0.5, 0.6) is 0 Å². The Hall–Kier alpha value is -0.860. The van der Waals surface area contributed by atoms with Crippen LogP contribution < -0.4 is 0 Å². The lowest BCUT2D eigenvalue weighted by Crippen LogP contribution is -2.22. The molecule has 2 nitrogen and oxygen atoms in total. The SMILES string of the molecule is CN(C)CCc1ccc(C(C)(C)CO)cc1. The average Bonchev–Trinajstić information content (AvgIpc) is 2.27. The highest BCUT2D eigenvalue weighted by Gasteiger charge is 2.18. The third-order valence-electron chi connectivity index (χ3n) is 2.98. The third kappa shape index (κ3) is 3.62. The summed E-state index contributed by atoms with van der Waals surface area (Å²) >= 11 is 0. The van der Waals surface area contributed by atoms with Crippen molar-refractivity contribution >= 4 is 0 Å². The van der Waals surface area contributed by atoms with Crippen LogP contribution in [-0.4, -0.2) is 37.3 Å². The lowest BCUT2D eigenvalue weighted by Gasteiger charge is -2.22. The molecule has 0 saturated carbocycles. The summed E-state index contributed by atoms with van der Waals surface area (Å²) in [5, 5.41) is 9.29. The maximum absolute atomic E-state index is 9.29. The predicted molar refractivity (Wildman–Crippen MR) is 68.8 cm³/mol. The quantitative estimate of drug-likeness (QED) is 0.822. The van der Waals surface area contributed by atoms with E-state index in [0.29, 0.717) is 0 Å². The fraction of sp³-hybridized carbons (Fsp3) is 0.571. The van der Waals surface area contributed by atoms with E-state index in [9.17, 15) is 5.11 Å². The van der Waals surface area contributed by atoms with Crippen molar-refractivity contribution in [3.05, 3.63) is 35.4 Å². The number of aliphatic hydroxyl groups excluding tert-OH is 1. The van der Waals surface area contributed by atoms with E-state index in [1.807, 2.05) is 0 Å². The van der Waals surface area contributed by atoms with Crippen LogP contribution in [0.3, 0.4) is 0 Å². The Labute approximate surface area is 98.9 Å². The zero-order chi connectivity index (χ0) is 12.2. The first-order chi connectivity index (χ1) is 7.45. The van der Waals surface area contributed by atoms with Crippen LogP contribution in [0.4, 0.5) is 0 Å². The van der Waals surface area contributed by atoms with Crippen molar-refractivity contribution in [3.8, 4) is 0 Å². The van der Waals surface area contributed by atoms with Gasteiger partial charge >= 0.3 is 0 Å². The van der Waals surface area contributed by atoms with Crippen molar-refractivity contribution in [1.82, 2.24) is 4.90 Å². The van der Waals surface area contributed by atoms with E-state index in [1.54, 1.807) is 0 Å². The number of aliphatic hydroxyl groups is 1. The molecule has 0 aliphatic heterocycles. The number of hydrogen-bond donors (Lipinski definition) is 1. The van der Waals surface area contributed by atoms with Crippen molar-refractivity contribution in [2.24, 2.45) is 0 Å². The van der Waals surface area contributed by atoms with Crippen LogP contribution in [0.25, 0.3) is 0 Å². The van der Waals surface area contributed by atoms with Gasteiger partial charge in [-0.25, -0.2) is 0 Å². The molecule has 0 bridgehead atoms. The molecule has 0 radical (unpaired) electrons. The van der Waals surface area contributed by atoms with Crippen LogP contribution >= 0.6 is 0 Å². The Bertz CT molecular complexity index is 314. The zero-order valence-corrected chi connectivity index (χ0v) is 10.8. The smallest absolute Gasteiger partial charge is 0.0522 e. The van der Waals surface area contributed by atoms with Gasteiger partial charge in [0.05, 0.1) is 6.61 Å². The first-order valence-corrected chi connectivity index (χ1v) is 5.81. The van der Waals surface area contributed by atoms with E-state index in [0.717, 1.165) is 13.0 Å². The minimum absolute atomic E-state index is 0.139. The summed E-state index contributed by atoms with van der Waals surface area (Å²) in [6, 6.07) is 8.58. The molecule has 16 heavy (non-hydrogen) atoms. The highest BCUT2D eigenvalue weighted by Crippen LogP contribution is 2.22. The van der Waals surface area contributed by atoms with Crippen molar-refractivity contribution < 1.29 is 5.11 Å². The van der Waals surface area contributed by atoms with Gasteiger partial charge in [0.1, 0.15) is 0 Å². The molecule has 0 amide bonds. The van der Waals surface area contributed by atoms with Gasteiger partial charge in [-0.1, -0.05) is 38.1 Å². The fourth-order valence-corrected chi connectivity index (χ4v) is 1.57. The Balaban J connectivity index is 2.68. The number of hydrogen-bond acceptors (Lipinski definition) is 2. The zero-order valence-electron chi connectivity index (χ0n) is 10.8.